The second kappa shape index (κ2) is 5.52. The molecule has 0 aliphatic rings. The Labute approximate surface area is 96.0 Å². The van der Waals surface area contributed by atoms with Gasteiger partial charge >= 0.3 is 0 Å². The number of nitrogens with one attached hydrogen (secondary N) is 1. The van der Waals surface area contributed by atoms with Gasteiger partial charge in [0.15, 0.2) is 0 Å². The van der Waals surface area contributed by atoms with Crippen LogP contribution in [0.15, 0.2) is 40.8 Å². The van der Waals surface area contributed by atoms with Gasteiger partial charge in [-0.25, -0.2) is 0 Å². The molecule has 2 aromatic rings. The fraction of sp³-hybridized carbons (Fsp3) is 0.286. The zero-order valence-electron chi connectivity index (χ0n) is 9.57. The molecule has 0 aliphatic carbocycles. The maximum Gasteiger partial charge on any atom is 0.134 e. The van der Waals surface area contributed by atoms with Crippen molar-refractivity contribution in [3.8, 4) is 0 Å². The molecule has 0 saturated carbocycles. The molecule has 0 bridgehead atoms. The largest absolute Gasteiger partial charge is 0.457 e. The van der Waals surface area contributed by atoms with E-state index in [0.717, 1.165) is 29.8 Å². The summed E-state index contributed by atoms with van der Waals surface area (Å²) in [6, 6.07) is 10.1. The van der Waals surface area contributed by atoms with E-state index in [-0.39, 0.29) is 0 Å². The lowest BCUT2D eigenvalue weighted by Crippen LogP contribution is -2.13. The minimum absolute atomic E-state index is 0.894. The summed E-state index contributed by atoms with van der Waals surface area (Å²) in [6.07, 6.45) is 5.27. The van der Waals surface area contributed by atoms with Gasteiger partial charge in [0, 0.05) is 11.9 Å². The van der Waals surface area contributed by atoms with Crippen LogP contribution in [0.5, 0.6) is 0 Å². The average molecular weight is 215 g/mol. The fourth-order valence-corrected chi connectivity index (χ4v) is 1.62. The molecule has 1 aromatic carbocycles. The quantitative estimate of drug-likeness (QED) is 0.773. The third kappa shape index (κ3) is 2.74. The molecular weight excluding hydrogens is 198 g/mol. The van der Waals surface area contributed by atoms with Gasteiger partial charge in [-0.2, -0.15) is 0 Å². The lowest BCUT2D eigenvalue weighted by Gasteiger charge is -1.94. The van der Waals surface area contributed by atoms with Crippen LogP contribution in [0.1, 0.15) is 19.1 Å². The second-order valence-electron chi connectivity index (χ2n) is 3.79. The van der Waals surface area contributed by atoms with Crippen LogP contribution in [0.3, 0.4) is 0 Å². The second-order valence-corrected chi connectivity index (χ2v) is 3.79. The average Bonchev–Trinajstić information content (AvgIpc) is 2.71. The fourth-order valence-electron chi connectivity index (χ4n) is 1.62. The summed E-state index contributed by atoms with van der Waals surface area (Å²) >= 11 is 0. The van der Waals surface area contributed by atoms with Crippen molar-refractivity contribution in [1.82, 2.24) is 5.32 Å². The summed E-state index contributed by atoms with van der Waals surface area (Å²) in [5.41, 5.74) is 0.948. The van der Waals surface area contributed by atoms with E-state index in [1.54, 1.807) is 0 Å². The first-order valence-electron chi connectivity index (χ1n) is 5.76. The van der Waals surface area contributed by atoms with E-state index in [1.165, 1.54) is 6.42 Å². The van der Waals surface area contributed by atoms with Crippen LogP contribution in [0.2, 0.25) is 0 Å². The van der Waals surface area contributed by atoms with E-state index in [0.29, 0.717) is 0 Å². The maximum atomic E-state index is 5.66. The molecule has 0 atom stereocenters. The number of benzene rings is 1. The Hall–Kier alpha value is -1.54. The molecule has 0 saturated heterocycles. The molecule has 1 N–H and O–H groups in total. The predicted octanol–water partition coefficient (Wildman–Crippen LogP) is 3.45. The molecule has 0 amide bonds. The summed E-state index contributed by atoms with van der Waals surface area (Å²) in [5.74, 6) is 0.916. The van der Waals surface area contributed by atoms with Crippen molar-refractivity contribution in [3.05, 3.63) is 42.2 Å². The van der Waals surface area contributed by atoms with Crippen LogP contribution >= 0.6 is 0 Å². The molecule has 16 heavy (non-hydrogen) atoms. The third-order valence-corrected chi connectivity index (χ3v) is 2.42. The molecular formula is C14H17NO. The minimum Gasteiger partial charge on any atom is -0.457 e. The molecule has 2 heteroatoms. The van der Waals surface area contributed by atoms with E-state index in [2.05, 4.69) is 30.4 Å². The molecule has 1 aromatic heterocycles. The van der Waals surface area contributed by atoms with E-state index in [4.69, 9.17) is 4.42 Å². The number of para-hydroxylation sites is 1. The van der Waals surface area contributed by atoms with Crippen LogP contribution in [-0.2, 0) is 0 Å². The number of fused-ring (bicyclic) bond motifs is 1. The van der Waals surface area contributed by atoms with Gasteiger partial charge in [0.1, 0.15) is 11.3 Å². The summed E-state index contributed by atoms with van der Waals surface area (Å²) < 4.78 is 5.66. The highest BCUT2D eigenvalue weighted by Gasteiger charge is 1.98. The lowest BCUT2D eigenvalue weighted by molar-refractivity contribution is 0.604. The number of hydrogen-bond acceptors (Lipinski definition) is 2. The molecule has 84 valence electrons. The Kier molecular flexibility index (Phi) is 3.78. The third-order valence-electron chi connectivity index (χ3n) is 2.42. The maximum absolute atomic E-state index is 5.66. The molecule has 2 nitrogen and oxygen atoms in total. The van der Waals surface area contributed by atoms with Crippen molar-refractivity contribution in [2.24, 2.45) is 0 Å². The molecule has 1 heterocycles. The van der Waals surface area contributed by atoms with E-state index >= 15 is 0 Å². The van der Waals surface area contributed by atoms with Gasteiger partial charge in [-0.05, 0) is 31.2 Å². The van der Waals surface area contributed by atoms with E-state index in [1.807, 2.05) is 24.3 Å². The van der Waals surface area contributed by atoms with E-state index < -0.39 is 0 Å². The van der Waals surface area contributed by atoms with Crippen LogP contribution in [0.25, 0.3) is 17.0 Å². The van der Waals surface area contributed by atoms with Gasteiger partial charge < -0.3 is 9.73 Å². The zero-order valence-corrected chi connectivity index (χ0v) is 9.57. The molecule has 0 fully saturated rings. The summed E-state index contributed by atoms with van der Waals surface area (Å²) in [5, 5.41) is 4.47. The van der Waals surface area contributed by atoms with Gasteiger partial charge in [0.25, 0.3) is 0 Å². The van der Waals surface area contributed by atoms with Crippen molar-refractivity contribution in [2.75, 3.05) is 13.1 Å². The topological polar surface area (TPSA) is 25.2 Å². The normalized spacial score (nSPS) is 11.6. The van der Waals surface area contributed by atoms with Gasteiger partial charge in [0.05, 0.1) is 0 Å². The first-order chi connectivity index (χ1) is 7.90. The van der Waals surface area contributed by atoms with Gasteiger partial charge in [-0.1, -0.05) is 31.2 Å². The smallest absolute Gasteiger partial charge is 0.134 e. The van der Waals surface area contributed by atoms with Gasteiger partial charge in [-0.15, -0.1) is 0 Å². The standard InChI is InChI=1S/C14H17NO/c1-2-9-15-10-5-7-13-11-12-6-3-4-8-14(12)16-13/h3-8,11,15H,2,9-10H2,1H3. The first-order valence-corrected chi connectivity index (χ1v) is 5.76. The SMILES string of the molecule is CCCNCC=Cc1cc2ccccc2o1. The lowest BCUT2D eigenvalue weighted by atomic mass is 10.2. The number of furan rings is 1. The Balaban J connectivity index is 1.98. The summed E-state index contributed by atoms with van der Waals surface area (Å²) in [6.45, 7) is 4.12. The van der Waals surface area contributed by atoms with Crippen molar-refractivity contribution in [2.45, 2.75) is 13.3 Å². The predicted molar refractivity (Wildman–Crippen MR) is 68.4 cm³/mol. The van der Waals surface area contributed by atoms with E-state index in [9.17, 15) is 0 Å². The van der Waals surface area contributed by atoms with Crippen molar-refractivity contribution in [1.29, 1.82) is 0 Å². The molecule has 0 spiro atoms. The minimum atomic E-state index is 0.894. The monoisotopic (exact) mass is 215 g/mol. The van der Waals surface area contributed by atoms with Crippen molar-refractivity contribution >= 4 is 17.0 Å². The van der Waals surface area contributed by atoms with Gasteiger partial charge in [0.2, 0.25) is 0 Å². The van der Waals surface area contributed by atoms with Crippen LogP contribution in [-0.4, -0.2) is 13.1 Å². The van der Waals surface area contributed by atoms with Crippen molar-refractivity contribution < 1.29 is 4.42 Å². The molecule has 0 aliphatic heterocycles. The summed E-state index contributed by atoms with van der Waals surface area (Å²) in [4.78, 5) is 0. The van der Waals surface area contributed by atoms with Crippen molar-refractivity contribution in [3.63, 3.8) is 0 Å². The Morgan fingerprint density at radius 1 is 1.31 bits per heavy atom. The Morgan fingerprint density at radius 3 is 3.00 bits per heavy atom. The Bertz CT molecular complexity index is 437. The number of hydrogen-bond donors (Lipinski definition) is 1. The zero-order chi connectivity index (χ0) is 11.2. The Morgan fingerprint density at radius 2 is 2.19 bits per heavy atom. The van der Waals surface area contributed by atoms with Crippen LogP contribution < -0.4 is 5.32 Å². The highest BCUT2D eigenvalue weighted by Crippen LogP contribution is 2.19. The van der Waals surface area contributed by atoms with Crippen LogP contribution in [0, 0.1) is 0 Å². The first kappa shape index (κ1) is 11.0. The van der Waals surface area contributed by atoms with Crippen LogP contribution in [0.4, 0.5) is 0 Å². The molecule has 0 unspecified atom stereocenters. The highest BCUT2D eigenvalue weighted by atomic mass is 16.3. The molecule has 2 rings (SSSR count). The molecule has 0 radical (unpaired) electrons. The highest BCUT2D eigenvalue weighted by molar-refractivity contribution is 5.79. The summed E-state index contributed by atoms with van der Waals surface area (Å²) in [7, 11) is 0. The number of rotatable bonds is 5. The van der Waals surface area contributed by atoms with Gasteiger partial charge in [-0.3, -0.25) is 0 Å².